The van der Waals surface area contributed by atoms with Gasteiger partial charge in [0.1, 0.15) is 23.2 Å². The highest BCUT2D eigenvalue weighted by Gasteiger charge is 2.16. The third-order valence-corrected chi connectivity index (χ3v) is 3.61. The Kier molecular flexibility index (Phi) is 5.00. The average molecular weight is 295 g/mol. The third kappa shape index (κ3) is 3.04. The lowest BCUT2D eigenvalue weighted by molar-refractivity contribution is 0.317. The molecular formula is C18H21N3O. The van der Waals surface area contributed by atoms with Crippen LogP contribution in [0.1, 0.15) is 37.1 Å². The summed E-state index contributed by atoms with van der Waals surface area (Å²) in [6.45, 7) is 6.76. The lowest BCUT2D eigenvalue weighted by Crippen LogP contribution is -2.05. The van der Waals surface area contributed by atoms with Crippen LogP contribution in [0.4, 0.5) is 5.82 Å². The largest absolute Gasteiger partial charge is 0.494 e. The first-order valence-electron chi connectivity index (χ1n) is 7.54. The fraction of sp³-hybridized carbons (Fsp3) is 0.333. The van der Waals surface area contributed by atoms with Crippen LogP contribution in [-0.2, 0) is 6.42 Å². The van der Waals surface area contributed by atoms with Gasteiger partial charge in [-0.1, -0.05) is 26.0 Å². The number of hydrogen-bond donors (Lipinski definition) is 1. The van der Waals surface area contributed by atoms with Crippen molar-refractivity contribution in [2.45, 2.75) is 33.6 Å². The normalized spacial score (nSPS) is 10.3. The summed E-state index contributed by atoms with van der Waals surface area (Å²) in [5, 5.41) is 9.45. The van der Waals surface area contributed by atoms with E-state index >= 15 is 0 Å². The highest BCUT2D eigenvalue weighted by molar-refractivity contribution is 5.79. The van der Waals surface area contributed by atoms with E-state index in [0.717, 1.165) is 41.0 Å². The smallest absolute Gasteiger partial charge is 0.142 e. The number of aromatic nitrogens is 1. The van der Waals surface area contributed by atoms with Gasteiger partial charge >= 0.3 is 0 Å². The molecule has 2 aromatic rings. The fourth-order valence-electron chi connectivity index (χ4n) is 2.57. The predicted molar refractivity (Wildman–Crippen MR) is 88.7 cm³/mol. The molecule has 0 radical (unpaired) electrons. The van der Waals surface area contributed by atoms with Gasteiger partial charge in [0.2, 0.25) is 0 Å². The molecule has 114 valence electrons. The maximum Gasteiger partial charge on any atom is 0.142 e. The molecule has 0 bridgehead atoms. The summed E-state index contributed by atoms with van der Waals surface area (Å²) in [4.78, 5) is 4.29. The van der Waals surface area contributed by atoms with E-state index in [1.54, 1.807) is 0 Å². The zero-order chi connectivity index (χ0) is 16.1. The van der Waals surface area contributed by atoms with E-state index in [1.165, 1.54) is 0 Å². The molecular weight excluding hydrogens is 274 g/mol. The number of aryl methyl sites for hydroxylation is 1. The van der Waals surface area contributed by atoms with Crippen molar-refractivity contribution in [3.05, 3.63) is 41.1 Å². The molecule has 0 amide bonds. The monoisotopic (exact) mass is 295 g/mol. The Morgan fingerprint density at radius 2 is 1.91 bits per heavy atom. The summed E-state index contributed by atoms with van der Waals surface area (Å²) < 4.78 is 5.60. The molecule has 0 aliphatic carbocycles. The lowest BCUT2D eigenvalue weighted by atomic mass is 9.93. The van der Waals surface area contributed by atoms with Gasteiger partial charge in [-0.15, -0.1) is 0 Å². The van der Waals surface area contributed by atoms with Crippen molar-refractivity contribution in [2.24, 2.45) is 0 Å². The van der Waals surface area contributed by atoms with Gasteiger partial charge in [-0.05, 0) is 43.0 Å². The molecule has 1 aromatic heterocycles. The van der Waals surface area contributed by atoms with E-state index < -0.39 is 0 Å². The Labute approximate surface area is 131 Å². The number of nitrogen functional groups attached to an aromatic ring is 1. The number of anilines is 1. The van der Waals surface area contributed by atoms with Crippen LogP contribution in [-0.4, -0.2) is 11.6 Å². The SMILES string of the molecule is CCCOc1ccc(-c2c(C#N)c(N)nc(C)c2CC)cc1. The summed E-state index contributed by atoms with van der Waals surface area (Å²) in [7, 11) is 0. The standard InChI is InChI=1S/C18H21N3O/c1-4-10-22-14-8-6-13(7-9-14)17-15(5-2)12(3)21-18(20)16(17)11-19/h6-9H,4-5,10H2,1-3H3,(H2,20,21). The van der Waals surface area contributed by atoms with Gasteiger partial charge in [0.05, 0.1) is 6.61 Å². The fourth-order valence-corrected chi connectivity index (χ4v) is 2.57. The molecule has 0 saturated heterocycles. The second-order valence-electron chi connectivity index (χ2n) is 5.15. The molecule has 22 heavy (non-hydrogen) atoms. The minimum atomic E-state index is 0.290. The Hall–Kier alpha value is -2.54. The average Bonchev–Trinajstić information content (AvgIpc) is 2.53. The topological polar surface area (TPSA) is 71.9 Å². The molecule has 4 nitrogen and oxygen atoms in total. The maximum atomic E-state index is 9.45. The molecule has 2 N–H and O–H groups in total. The van der Waals surface area contributed by atoms with Crippen molar-refractivity contribution in [3.63, 3.8) is 0 Å². The first-order chi connectivity index (χ1) is 10.6. The number of nitrogens with zero attached hydrogens (tertiary/aromatic N) is 2. The summed E-state index contributed by atoms with van der Waals surface area (Å²) in [6.07, 6.45) is 1.78. The molecule has 2 rings (SSSR count). The van der Waals surface area contributed by atoms with Crippen LogP contribution in [0.15, 0.2) is 24.3 Å². The van der Waals surface area contributed by atoms with Crippen LogP contribution in [0.3, 0.4) is 0 Å². The van der Waals surface area contributed by atoms with Gasteiger partial charge < -0.3 is 10.5 Å². The van der Waals surface area contributed by atoms with Crippen LogP contribution in [0.5, 0.6) is 5.75 Å². The molecule has 0 aliphatic rings. The van der Waals surface area contributed by atoms with Gasteiger partial charge in [-0.2, -0.15) is 5.26 Å². The second-order valence-corrected chi connectivity index (χ2v) is 5.15. The Morgan fingerprint density at radius 1 is 1.23 bits per heavy atom. The summed E-state index contributed by atoms with van der Waals surface area (Å²) in [5.74, 6) is 1.12. The number of nitriles is 1. The first-order valence-corrected chi connectivity index (χ1v) is 7.54. The minimum Gasteiger partial charge on any atom is -0.494 e. The Morgan fingerprint density at radius 3 is 2.45 bits per heavy atom. The van der Waals surface area contributed by atoms with E-state index in [-0.39, 0.29) is 0 Å². The molecule has 0 atom stereocenters. The van der Waals surface area contributed by atoms with Crippen molar-refractivity contribution < 1.29 is 4.74 Å². The second kappa shape index (κ2) is 6.95. The van der Waals surface area contributed by atoms with Gasteiger partial charge in [-0.3, -0.25) is 0 Å². The summed E-state index contributed by atoms with van der Waals surface area (Å²) in [6, 6.07) is 9.99. The van der Waals surface area contributed by atoms with Crippen molar-refractivity contribution >= 4 is 5.82 Å². The van der Waals surface area contributed by atoms with E-state index in [0.29, 0.717) is 18.0 Å². The third-order valence-electron chi connectivity index (χ3n) is 3.61. The van der Waals surface area contributed by atoms with E-state index in [1.807, 2.05) is 31.2 Å². The quantitative estimate of drug-likeness (QED) is 0.909. The van der Waals surface area contributed by atoms with Gasteiger partial charge in [0.25, 0.3) is 0 Å². The zero-order valence-corrected chi connectivity index (χ0v) is 13.3. The van der Waals surface area contributed by atoms with Crippen LogP contribution < -0.4 is 10.5 Å². The van der Waals surface area contributed by atoms with E-state index in [2.05, 4.69) is 24.9 Å². The summed E-state index contributed by atoms with van der Waals surface area (Å²) in [5.41, 5.74) is 10.2. The number of benzene rings is 1. The Balaban J connectivity index is 2.54. The molecule has 4 heteroatoms. The number of rotatable bonds is 5. The van der Waals surface area contributed by atoms with Crippen molar-refractivity contribution in [1.82, 2.24) is 4.98 Å². The maximum absolute atomic E-state index is 9.45. The first kappa shape index (κ1) is 15.8. The van der Waals surface area contributed by atoms with E-state index in [4.69, 9.17) is 10.5 Å². The van der Waals surface area contributed by atoms with Gasteiger partial charge in [0, 0.05) is 11.3 Å². The molecule has 0 saturated carbocycles. The van der Waals surface area contributed by atoms with E-state index in [9.17, 15) is 5.26 Å². The molecule has 0 unspecified atom stereocenters. The lowest BCUT2D eigenvalue weighted by Gasteiger charge is -2.15. The predicted octanol–water partition coefficient (Wildman–Crippen LogP) is 3.86. The van der Waals surface area contributed by atoms with Crippen molar-refractivity contribution in [3.8, 4) is 22.9 Å². The molecule has 0 spiro atoms. The molecule has 1 aromatic carbocycles. The van der Waals surface area contributed by atoms with Crippen LogP contribution in [0, 0.1) is 18.3 Å². The molecule has 0 aliphatic heterocycles. The van der Waals surface area contributed by atoms with Crippen LogP contribution >= 0.6 is 0 Å². The highest BCUT2D eigenvalue weighted by Crippen LogP contribution is 2.33. The Bertz CT molecular complexity index is 700. The van der Waals surface area contributed by atoms with Crippen molar-refractivity contribution in [1.29, 1.82) is 5.26 Å². The number of hydrogen-bond acceptors (Lipinski definition) is 4. The zero-order valence-electron chi connectivity index (χ0n) is 13.3. The van der Waals surface area contributed by atoms with Gasteiger partial charge in [-0.25, -0.2) is 4.98 Å². The molecule has 0 fully saturated rings. The summed E-state index contributed by atoms with van der Waals surface area (Å²) >= 11 is 0. The minimum absolute atomic E-state index is 0.290. The number of ether oxygens (including phenoxy) is 1. The number of nitrogens with two attached hydrogens (primary N) is 1. The van der Waals surface area contributed by atoms with Crippen LogP contribution in [0.25, 0.3) is 11.1 Å². The highest BCUT2D eigenvalue weighted by atomic mass is 16.5. The van der Waals surface area contributed by atoms with Crippen LogP contribution in [0.2, 0.25) is 0 Å². The van der Waals surface area contributed by atoms with Crippen molar-refractivity contribution in [2.75, 3.05) is 12.3 Å². The number of pyridine rings is 1. The van der Waals surface area contributed by atoms with Gasteiger partial charge in [0.15, 0.2) is 0 Å². The molecule has 1 heterocycles.